The third-order valence-corrected chi connectivity index (χ3v) is 4.70. The quantitative estimate of drug-likeness (QED) is 0.788. The Hall–Kier alpha value is -2.93. The lowest BCUT2D eigenvalue weighted by molar-refractivity contribution is -0.133. The molecule has 0 bridgehead atoms. The summed E-state index contributed by atoms with van der Waals surface area (Å²) >= 11 is 5.68. The molecule has 4 amide bonds. The van der Waals surface area contributed by atoms with Gasteiger partial charge in [-0.3, -0.25) is 14.5 Å². The second kappa shape index (κ2) is 7.00. The average Bonchev–Trinajstić information content (AvgIpc) is 2.83. The van der Waals surface area contributed by atoms with Gasteiger partial charge in [0.1, 0.15) is 17.9 Å². The van der Waals surface area contributed by atoms with Gasteiger partial charge in [0, 0.05) is 5.69 Å². The highest BCUT2D eigenvalue weighted by Crippen LogP contribution is 2.29. The molecule has 1 atom stereocenters. The number of amides is 4. The molecule has 2 aromatic carbocycles. The third-order valence-electron chi connectivity index (χ3n) is 4.41. The Morgan fingerprint density at radius 3 is 2.52 bits per heavy atom. The number of anilines is 1. The summed E-state index contributed by atoms with van der Waals surface area (Å²) in [5.41, 5.74) is 0.664. The minimum atomic E-state index is -1.25. The molecule has 0 saturated carbocycles. The summed E-state index contributed by atoms with van der Waals surface area (Å²) in [5.74, 6) is -1.74. The van der Waals surface area contributed by atoms with Crippen LogP contribution in [0.25, 0.3) is 0 Å². The van der Waals surface area contributed by atoms with E-state index in [1.807, 2.05) is 19.1 Å². The van der Waals surface area contributed by atoms with Crippen LogP contribution in [0.15, 0.2) is 42.5 Å². The molecule has 1 aliphatic rings. The standard InChI is InChI=1S/C19H17ClFN3O3/c1-11-3-5-12(6-4-11)19(2)17(26)24(18(27)23-19)10-16(25)22-13-7-8-15(21)14(20)9-13/h3-9H,10H2,1-2H3,(H,22,25)(H,23,27)/t19-/m0/s1. The fraction of sp³-hybridized carbons (Fsp3) is 0.211. The molecular formula is C19H17ClFN3O3. The van der Waals surface area contributed by atoms with E-state index in [1.54, 1.807) is 19.1 Å². The average molecular weight is 390 g/mol. The Balaban J connectivity index is 1.74. The number of rotatable bonds is 4. The van der Waals surface area contributed by atoms with Crippen LogP contribution >= 0.6 is 11.6 Å². The van der Waals surface area contributed by atoms with Gasteiger partial charge >= 0.3 is 6.03 Å². The van der Waals surface area contributed by atoms with E-state index < -0.39 is 35.7 Å². The summed E-state index contributed by atoms with van der Waals surface area (Å²) in [6, 6.07) is 10.2. The molecule has 3 rings (SSSR count). The molecule has 2 aromatic rings. The van der Waals surface area contributed by atoms with Crippen molar-refractivity contribution in [2.45, 2.75) is 19.4 Å². The molecular weight excluding hydrogens is 373 g/mol. The highest BCUT2D eigenvalue weighted by atomic mass is 35.5. The zero-order chi connectivity index (χ0) is 19.8. The molecule has 2 N–H and O–H groups in total. The van der Waals surface area contributed by atoms with Gasteiger partial charge in [-0.1, -0.05) is 41.4 Å². The summed E-state index contributed by atoms with van der Waals surface area (Å²) in [4.78, 5) is 38.1. The van der Waals surface area contributed by atoms with E-state index in [9.17, 15) is 18.8 Å². The zero-order valence-electron chi connectivity index (χ0n) is 14.7. The predicted octanol–water partition coefficient (Wildman–Crippen LogP) is 3.19. The minimum absolute atomic E-state index is 0.144. The summed E-state index contributed by atoms with van der Waals surface area (Å²) in [7, 11) is 0. The van der Waals surface area contributed by atoms with E-state index in [-0.39, 0.29) is 10.7 Å². The Morgan fingerprint density at radius 2 is 1.89 bits per heavy atom. The van der Waals surface area contributed by atoms with Crippen molar-refractivity contribution in [2.75, 3.05) is 11.9 Å². The maximum Gasteiger partial charge on any atom is 0.325 e. The number of carbonyl (C=O) groups excluding carboxylic acids is 3. The highest BCUT2D eigenvalue weighted by molar-refractivity contribution is 6.31. The van der Waals surface area contributed by atoms with Crippen LogP contribution in [0.3, 0.4) is 0 Å². The number of carbonyl (C=O) groups is 3. The SMILES string of the molecule is Cc1ccc([C@]2(C)NC(=O)N(CC(=O)Nc3ccc(F)c(Cl)c3)C2=O)cc1. The molecule has 6 nitrogen and oxygen atoms in total. The van der Waals surface area contributed by atoms with Crippen LogP contribution in [0.5, 0.6) is 0 Å². The summed E-state index contributed by atoms with van der Waals surface area (Å²) < 4.78 is 13.2. The molecule has 0 unspecified atom stereocenters. The summed E-state index contributed by atoms with van der Waals surface area (Å²) in [6.45, 7) is 3.04. The number of hydrogen-bond donors (Lipinski definition) is 2. The molecule has 1 fully saturated rings. The van der Waals surface area contributed by atoms with Crippen molar-refractivity contribution in [3.8, 4) is 0 Å². The van der Waals surface area contributed by atoms with Gasteiger partial charge in [0.25, 0.3) is 5.91 Å². The Kier molecular flexibility index (Phi) is 4.89. The number of imide groups is 1. The number of halogens is 2. The van der Waals surface area contributed by atoms with E-state index in [4.69, 9.17) is 11.6 Å². The van der Waals surface area contributed by atoms with Crippen LogP contribution in [-0.2, 0) is 15.1 Å². The van der Waals surface area contributed by atoms with Gasteiger partial charge < -0.3 is 10.6 Å². The first-order chi connectivity index (χ1) is 12.7. The van der Waals surface area contributed by atoms with Crippen molar-refractivity contribution >= 4 is 35.1 Å². The van der Waals surface area contributed by atoms with Crippen LogP contribution in [0.1, 0.15) is 18.1 Å². The Bertz CT molecular complexity index is 932. The molecule has 0 spiro atoms. The highest BCUT2D eigenvalue weighted by Gasteiger charge is 2.49. The Morgan fingerprint density at radius 1 is 1.22 bits per heavy atom. The second-order valence-corrected chi connectivity index (χ2v) is 6.90. The fourth-order valence-electron chi connectivity index (χ4n) is 2.84. The van der Waals surface area contributed by atoms with E-state index in [0.29, 0.717) is 5.56 Å². The first-order valence-electron chi connectivity index (χ1n) is 8.17. The number of aryl methyl sites for hydroxylation is 1. The normalized spacial score (nSPS) is 19.2. The van der Waals surface area contributed by atoms with Gasteiger partial charge in [-0.25, -0.2) is 9.18 Å². The fourth-order valence-corrected chi connectivity index (χ4v) is 3.02. The number of urea groups is 1. The molecule has 1 aliphatic heterocycles. The molecule has 140 valence electrons. The van der Waals surface area contributed by atoms with Crippen molar-refractivity contribution in [3.63, 3.8) is 0 Å². The maximum absolute atomic E-state index is 13.2. The largest absolute Gasteiger partial charge is 0.325 e. The van der Waals surface area contributed by atoms with Gasteiger partial charge in [0.05, 0.1) is 5.02 Å². The minimum Gasteiger partial charge on any atom is -0.324 e. The predicted molar refractivity (Wildman–Crippen MR) is 98.8 cm³/mol. The van der Waals surface area contributed by atoms with Crippen LogP contribution in [-0.4, -0.2) is 29.3 Å². The van der Waals surface area contributed by atoms with Crippen LogP contribution in [0.2, 0.25) is 5.02 Å². The number of benzene rings is 2. The number of nitrogens with zero attached hydrogens (tertiary/aromatic N) is 1. The van der Waals surface area contributed by atoms with Crippen molar-refractivity contribution in [1.29, 1.82) is 0 Å². The van der Waals surface area contributed by atoms with Crippen molar-refractivity contribution < 1.29 is 18.8 Å². The smallest absolute Gasteiger partial charge is 0.324 e. The Labute approximate surface area is 160 Å². The number of nitrogens with one attached hydrogen (secondary N) is 2. The molecule has 1 heterocycles. The van der Waals surface area contributed by atoms with E-state index in [2.05, 4.69) is 10.6 Å². The van der Waals surface area contributed by atoms with Crippen molar-refractivity contribution in [2.24, 2.45) is 0 Å². The van der Waals surface area contributed by atoms with Crippen molar-refractivity contribution in [3.05, 3.63) is 64.4 Å². The molecule has 0 aromatic heterocycles. The van der Waals surface area contributed by atoms with E-state index in [0.717, 1.165) is 16.5 Å². The molecule has 0 aliphatic carbocycles. The lowest BCUT2D eigenvalue weighted by atomic mass is 9.91. The zero-order valence-corrected chi connectivity index (χ0v) is 15.4. The molecule has 8 heteroatoms. The van der Waals surface area contributed by atoms with Crippen molar-refractivity contribution in [1.82, 2.24) is 10.2 Å². The van der Waals surface area contributed by atoms with Gasteiger partial charge in [0.2, 0.25) is 5.91 Å². The van der Waals surface area contributed by atoms with Gasteiger partial charge in [-0.15, -0.1) is 0 Å². The molecule has 27 heavy (non-hydrogen) atoms. The first-order valence-corrected chi connectivity index (χ1v) is 8.54. The lowest BCUT2D eigenvalue weighted by Crippen LogP contribution is -2.42. The third kappa shape index (κ3) is 3.64. The molecule has 0 radical (unpaired) electrons. The van der Waals surface area contributed by atoms with Gasteiger partial charge in [-0.05, 0) is 37.6 Å². The van der Waals surface area contributed by atoms with Gasteiger partial charge in [0.15, 0.2) is 0 Å². The van der Waals surface area contributed by atoms with E-state index in [1.165, 1.54) is 12.1 Å². The maximum atomic E-state index is 13.2. The van der Waals surface area contributed by atoms with Crippen LogP contribution < -0.4 is 10.6 Å². The molecule has 1 saturated heterocycles. The number of hydrogen-bond acceptors (Lipinski definition) is 3. The van der Waals surface area contributed by atoms with Crippen LogP contribution in [0, 0.1) is 12.7 Å². The topological polar surface area (TPSA) is 78.5 Å². The first kappa shape index (κ1) is 18.8. The second-order valence-electron chi connectivity index (χ2n) is 6.49. The monoisotopic (exact) mass is 389 g/mol. The summed E-state index contributed by atoms with van der Waals surface area (Å²) in [6.07, 6.45) is 0. The van der Waals surface area contributed by atoms with Gasteiger partial charge in [-0.2, -0.15) is 0 Å². The van der Waals surface area contributed by atoms with E-state index >= 15 is 0 Å². The lowest BCUT2D eigenvalue weighted by Gasteiger charge is -2.22. The van der Waals surface area contributed by atoms with Crippen LogP contribution in [0.4, 0.5) is 14.9 Å². The summed E-state index contributed by atoms with van der Waals surface area (Å²) in [5, 5.41) is 4.98.